The lowest BCUT2D eigenvalue weighted by molar-refractivity contribution is 0.343. The average Bonchev–Trinajstić information content (AvgIpc) is 3.14. The van der Waals surface area contributed by atoms with E-state index in [1.54, 1.807) is 14.2 Å². The van der Waals surface area contributed by atoms with Crippen molar-refractivity contribution in [3.63, 3.8) is 0 Å². The molecule has 1 aromatic rings. The molecule has 1 saturated heterocycles. The second-order valence-electron chi connectivity index (χ2n) is 6.63. The molecular weight excluding hydrogens is 455 g/mol. The van der Waals surface area contributed by atoms with E-state index in [9.17, 15) is 0 Å². The third-order valence-corrected chi connectivity index (χ3v) is 4.82. The smallest absolute Gasteiger partial charge is 0.191 e. The lowest BCUT2D eigenvalue weighted by atomic mass is 10.1. The summed E-state index contributed by atoms with van der Waals surface area (Å²) in [5.74, 6) is 3.11. The minimum absolute atomic E-state index is 0. The van der Waals surface area contributed by atoms with E-state index in [0.717, 1.165) is 50.1 Å². The largest absolute Gasteiger partial charge is 0.493 e. The third kappa shape index (κ3) is 7.73. The zero-order valence-electron chi connectivity index (χ0n) is 17.1. The number of methoxy groups -OCH3 is 2. The van der Waals surface area contributed by atoms with E-state index in [1.165, 1.54) is 25.1 Å². The number of guanidine groups is 1. The Morgan fingerprint density at radius 1 is 1.19 bits per heavy atom. The van der Waals surface area contributed by atoms with Crippen molar-refractivity contribution in [2.75, 3.05) is 53.5 Å². The zero-order valence-corrected chi connectivity index (χ0v) is 19.4. The van der Waals surface area contributed by atoms with Gasteiger partial charge in [-0.25, -0.2) is 0 Å². The van der Waals surface area contributed by atoms with Crippen LogP contribution < -0.4 is 20.1 Å². The Bertz CT molecular complexity index is 583. The second kappa shape index (κ2) is 13.0. The molecule has 0 saturated carbocycles. The maximum atomic E-state index is 5.37. The van der Waals surface area contributed by atoms with Gasteiger partial charge in [0.1, 0.15) is 0 Å². The number of ether oxygens (including phenoxy) is 2. The number of nitrogens with zero attached hydrogens (tertiary/aromatic N) is 2. The maximum absolute atomic E-state index is 5.37. The van der Waals surface area contributed by atoms with E-state index in [0.29, 0.717) is 5.92 Å². The van der Waals surface area contributed by atoms with Gasteiger partial charge < -0.3 is 25.0 Å². The van der Waals surface area contributed by atoms with E-state index in [2.05, 4.69) is 35.4 Å². The summed E-state index contributed by atoms with van der Waals surface area (Å²) in [6.45, 7) is 10.4. The minimum atomic E-state index is 0. The lowest BCUT2D eigenvalue weighted by Gasteiger charge is -2.14. The molecule has 0 spiro atoms. The van der Waals surface area contributed by atoms with Crippen LogP contribution in [0.15, 0.2) is 23.2 Å². The summed E-state index contributed by atoms with van der Waals surface area (Å²) < 4.78 is 10.7. The number of rotatable bonds is 9. The molecule has 0 aliphatic carbocycles. The summed E-state index contributed by atoms with van der Waals surface area (Å²) in [7, 11) is 3.32. The SMILES string of the molecule is CCNC(=NCC1CCN(CC)C1)NCCc1ccc(OC)c(OC)c1.I. The summed E-state index contributed by atoms with van der Waals surface area (Å²) in [6, 6.07) is 6.06. The topological polar surface area (TPSA) is 58.1 Å². The quantitative estimate of drug-likeness (QED) is 0.317. The molecule has 7 heteroatoms. The Balaban J connectivity index is 0.00000364. The van der Waals surface area contributed by atoms with Crippen molar-refractivity contribution in [3.8, 4) is 11.5 Å². The van der Waals surface area contributed by atoms with Crippen LogP contribution in [0, 0.1) is 5.92 Å². The zero-order chi connectivity index (χ0) is 18.8. The predicted molar refractivity (Wildman–Crippen MR) is 123 cm³/mol. The Labute approximate surface area is 181 Å². The highest BCUT2D eigenvalue weighted by atomic mass is 127. The van der Waals surface area contributed by atoms with Gasteiger partial charge in [-0.3, -0.25) is 4.99 Å². The van der Waals surface area contributed by atoms with Gasteiger partial charge in [-0.2, -0.15) is 0 Å². The van der Waals surface area contributed by atoms with Gasteiger partial charge in [-0.15, -0.1) is 24.0 Å². The van der Waals surface area contributed by atoms with Gasteiger partial charge in [0.25, 0.3) is 0 Å². The first-order chi connectivity index (χ1) is 12.7. The Morgan fingerprint density at radius 2 is 1.96 bits per heavy atom. The van der Waals surface area contributed by atoms with Crippen LogP contribution >= 0.6 is 24.0 Å². The van der Waals surface area contributed by atoms with Gasteiger partial charge in [-0.05, 0) is 56.5 Å². The number of halogens is 1. The van der Waals surface area contributed by atoms with Crippen LogP contribution in [0.2, 0.25) is 0 Å². The Hall–Kier alpha value is -1.22. The molecule has 2 rings (SSSR count). The molecule has 1 aromatic carbocycles. The van der Waals surface area contributed by atoms with Crippen LogP contribution in [0.1, 0.15) is 25.8 Å². The van der Waals surface area contributed by atoms with Crippen molar-refractivity contribution in [3.05, 3.63) is 23.8 Å². The van der Waals surface area contributed by atoms with E-state index in [4.69, 9.17) is 14.5 Å². The molecule has 0 radical (unpaired) electrons. The summed E-state index contributed by atoms with van der Waals surface area (Å²) >= 11 is 0. The number of likely N-dealkylation sites (tertiary alicyclic amines) is 1. The molecule has 0 bridgehead atoms. The highest BCUT2D eigenvalue weighted by Crippen LogP contribution is 2.27. The summed E-state index contributed by atoms with van der Waals surface area (Å²) in [4.78, 5) is 7.28. The third-order valence-electron chi connectivity index (χ3n) is 4.82. The monoisotopic (exact) mass is 490 g/mol. The van der Waals surface area contributed by atoms with Crippen LogP contribution in [-0.2, 0) is 6.42 Å². The molecule has 1 unspecified atom stereocenters. The molecule has 1 aliphatic rings. The highest BCUT2D eigenvalue weighted by molar-refractivity contribution is 14.0. The van der Waals surface area contributed by atoms with Crippen LogP contribution in [0.5, 0.6) is 11.5 Å². The Kier molecular flexibility index (Phi) is 11.5. The van der Waals surface area contributed by atoms with E-state index in [-0.39, 0.29) is 24.0 Å². The van der Waals surface area contributed by atoms with Gasteiger partial charge in [0.2, 0.25) is 0 Å². The van der Waals surface area contributed by atoms with Crippen molar-refractivity contribution in [2.45, 2.75) is 26.7 Å². The van der Waals surface area contributed by atoms with Gasteiger partial charge in [-0.1, -0.05) is 13.0 Å². The molecule has 27 heavy (non-hydrogen) atoms. The molecule has 1 atom stereocenters. The molecule has 0 aromatic heterocycles. The van der Waals surface area contributed by atoms with Gasteiger partial charge in [0, 0.05) is 26.2 Å². The second-order valence-corrected chi connectivity index (χ2v) is 6.63. The molecular formula is C20H35IN4O2. The van der Waals surface area contributed by atoms with Crippen LogP contribution in [0.4, 0.5) is 0 Å². The lowest BCUT2D eigenvalue weighted by Crippen LogP contribution is -2.38. The number of aliphatic imine (C=N–C) groups is 1. The van der Waals surface area contributed by atoms with Crippen LogP contribution in [0.3, 0.4) is 0 Å². The number of hydrogen-bond donors (Lipinski definition) is 2. The van der Waals surface area contributed by atoms with Crippen molar-refractivity contribution >= 4 is 29.9 Å². The molecule has 0 amide bonds. The number of nitrogens with one attached hydrogen (secondary N) is 2. The van der Waals surface area contributed by atoms with E-state index >= 15 is 0 Å². The van der Waals surface area contributed by atoms with Crippen LogP contribution in [-0.4, -0.2) is 64.3 Å². The first-order valence-corrected chi connectivity index (χ1v) is 9.65. The fourth-order valence-corrected chi connectivity index (χ4v) is 3.27. The molecule has 1 aliphatic heterocycles. The van der Waals surface area contributed by atoms with Crippen molar-refractivity contribution in [1.29, 1.82) is 0 Å². The first-order valence-electron chi connectivity index (χ1n) is 9.65. The highest BCUT2D eigenvalue weighted by Gasteiger charge is 2.20. The van der Waals surface area contributed by atoms with Crippen molar-refractivity contribution in [1.82, 2.24) is 15.5 Å². The van der Waals surface area contributed by atoms with Crippen molar-refractivity contribution < 1.29 is 9.47 Å². The molecule has 154 valence electrons. The first kappa shape index (κ1) is 23.8. The summed E-state index contributed by atoms with van der Waals surface area (Å²) in [5, 5.41) is 6.78. The standard InChI is InChI=1S/C20H34N4O2.HI/c1-5-21-20(23-14-17-10-12-24(6-2)15-17)22-11-9-16-7-8-18(25-3)19(13-16)26-4;/h7-8,13,17H,5-6,9-12,14-15H2,1-4H3,(H2,21,22,23);1H. The van der Waals surface area contributed by atoms with Crippen molar-refractivity contribution in [2.24, 2.45) is 10.9 Å². The van der Waals surface area contributed by atoms with Gasteiger partial charge >= 0.3 is 0 Å². The van der Waals surface area contributed by atoms with Gasteiger partial charge in [0.15, 0.2) is 17.5 Å². The predicted octanol–water partition coefficient (Wildman–Crippen LogP) is 2.76. The Morgan fingerprint density at radius 3 is 2.59 bits per heavy atom. The van der Waals surface area contributed by atoms with Gasteiger partial charge in [0.05, 0.1) is 14.2 Å². The number of benzene rings is 1. The molecule has 1 heterocycles. The molecule has 6 nitrogen and oxygen atoms in total. The van der Waals surface area contributed by atoms with E-state index < -0.39 is 0 Å². The average molecular weight is 490 g/mol. The summed E-state index contributed by atoms with van der Waals surface area (Å²) in [6.07, 6.45) is 2.15. The van der Waals surface area contributed by atoms with Crippen LogP contribution in [0.25, 0.3) is 0 Å². The fourth-order valence-electron chi connectivity index (χ4n) is 3.27. The summed E-state index contributed by atoms with van der Waals surface area (Å²) in [5.41, 5.74) is 1.21. The minimum Gasteiger partial charge on any atom is -0.493 e. The van der Waals surface area contributed by atoms with E-state index in [1.807, 2.05) is 12.1 Å². The fraction of sp³-hybridized carbons (Fsp3) is 0.650. The molecule has 2 N–H and O–H groups in total. The molecule has 1 fully saturated rings. The number of hydrogen-bond acceptors (Lipinski definition) is 4. The maximum Gasteiger partial charge on any atom is 0.191 e. The normalized spacial score (nSPS) is 17.3.